The SMILES string of the molecule is C[Si](C)(C)O[Si](Cl)c1ccccc1. The molecular formula is C9H14ClOSi2. The van der Waals surface area contributed by atoms with Crippen molar-refractivity contribution in [3.8, 4) is 0 Å². The molecule has 0 bridgehead atoms. The highest BCUT2D eigenvalue weighted by Crippen LogP contribution is 2.07. The lowest BCUT2D eigenvalue weighted by atomic mass is 10.4. The monoisotopic (exact) mass is 229 g/mol. The van der Waals surface area contributed by atoms with Crippen molar-refractivity contribution in [1.29, 1.82) is 0 Å². The van der Waals surface area contributed by atoms with E-state index in [0.29, 0.717) is 0 Å². The van der Waals surface area contributed by atoms with E-state index >= 15 is 0 Å². The highest BCUT2D eigenvalue weighted by atomic mass is 35.6. The number of rotatable bonds is 3. The molecule has 1 aromatic carbocycles. The van der Waals surface area contributed by atoms with E-state index in [1.54, 1.807) is 0 Å². The molecule has 0 N–H and O–H groups in total. The Morgan fingerprint density at radius 1 is 1.15 bits per heavy atom. The van der Waals surface area contributed by atoms with Crippen molar-refractivity contribution >= 4 is 32.9 Å². The minimum Gasteiger partial charge on any atom is -0.441 e. The molecule has 1 nitrogen and oxygen atoms in total. The smallest absolute Gasteiger partial charge is 0.349 e. The maximum absolute atomic E-state index is 6.21. The first kappa shape index (κ1) is 11.0. The largest absolute Gasteiger partial charge is 0.441 e. The van der Waals surface area contributed by atoms with Gasteiger partial charge < -0.3 is 4.12 Å². The Morgan fingerprint density at radius 2 is 1.69 bits per heavy atom. The minimum atomic E-state index is -1.49. The Bertz CT molecular complexity index is 258. The van der Waals surface area contributed by atoms with Crippen LogP contribution in [0.25, 0.3) is 0 Å². The third kappa shape index (κ3) is 4.09. The van der Waals surface area contributed by atoms with E-state index in [1.807, 2.05) is 30.3 Å². The molecule has 0 saturated heterocycles. The van der Waals surface area contributed by atoms with Gasteiger partial charge in [-0.05, 0) is 24.8 Å². The van der Waals surface area contributed by atoms with Gasteiger partial charge in [0.1, 0.15) is 0 Å². The van der Waals surface area contributed by atoms with E-state index in [1.165, 1.54) is 0 Å². The van der Waals surface area contributed by atoms with Gasteiger partial charge in [-0.2, -0.15) is 0 Å². The van der Waals surface area contributed by atoms with Crippen LogP contribution in [0.2, 0.25) is 19.6 Å². The van der Waals surface area contributed by atoms with Gasteiger partial charge in [-0.3, -0.25) is 0 Å². The van der Waals surface area contributed by atoms with Crippen molar-refractivity contribution in [2.75, 3.05) is 0 Å². The minimum absolute atomic E-state index is 1.14. The zero-order valence-electron chi connectivity index (χ0n) is 8.17. The van der Waals surface area contributed by atoms with E-state index in [2.05, 4.69) is 19.6 Å². The normalized spacial score (nSPS) is 12.1. The molecule has 1 rings (SSSR count). The standard InChI is InChI=1S/C9H14ClOSi2/c1-13(2,3)11-12(10)9-7-5-4-6-8-9/h4-8H,1-3H3. The molecule has 13 heavy (non-hydrogen) atoms. The highest BCUT2D eigenvalue weighted by molar-refractivity contribution is 7.13. The maximum Gasteiger partial charge on any atom is 0.349 e. The molecule has 0 atom stereocenters. The van der Waals surface area contributed by atoms with Gasteiger partial charge in [0.25, 0.3) is 0 Å². The van der Waals surface area contributed by atoms with Gasteiger partial charge in [0.15, 0.2) is 8.32 Å². The summed E-state index contributed by atoms with van der Waals surface area (Å²) in [5, 5.41) is 1.14. The summed E-state index contributed by atoms with van der Waals surface area (Å²) in [4.78, 5) is 0. The molecule has 0 saturated carbocycles. The molecule has 71 valence electrons. The summed E-state index contributed by atoms with van der Waals surface area (Å²) < 4.78 is 5.83. The van der Waals surface area contributed by atoms with Crippen LogP contribution in [-0.2, 0) is 4.12 Å². The van der Waals surface area contributed by atoms with Gasteiger partial charge in [-0.15, -0.1) is 11.1 Å². The van der Waals surface area contributed by atoms with Crippen molar-refractivity contribution in [3.63, 3.8) is 0 Å². The lowest BCUT2D eigenvalue weighted by molar-refractivity contribution is 0.601. The van der Waals surface area contributed by atoms with Gasteiger partial charge in [0, 0.05) is 0 Å². The average molecular weight is 230 g/mol. The van der Waals surface area contributed by atoms with Crippen LogP contribution in [0.1, 0.15) is 0 Å². The third-order valence-electron chi connectivity index (χ3n) is 1.40. The molecule has 0 aliphatic rings. The fourth-order valence-corrected chi connectivity index (χ4v) is 6.43. The molecule has 0 spiro atoms. The summed E-state index contributed by atoms with van der Waals surface area (Å²) in [6, 6.07) is 10.0. The van der Waals surface area contributed by atoms with E-state index in [9.17, 15) is 0 Å². The highest BCUT2D eigenvalue weighted by Gasteiger charge is 2.22. The fourth-order valence-electron chi connectivity index (χ4n) is 0.897. The molecule has 0 heterocycles. The van der Waals surface area contributed by atoms with Crippen molar-refractivity contribution in [2.24, 2.45) is 0 Å². The maximum atomic E-state index is 6.21. The summed E-state index contributed by atoms with van der Waals surface area (Å²) in [5.74, 6) is 0. The molecule has 0 aliphatic carbocycles. The van der Waals surface area contributed by atoms with Crippen molar-refractivity contribution < 1.29 is 4.12 Å². The second kappa shape index (κ2) is 4.42. The van der Waals surface area contributed by atoms with Crippen LogP contribution in [0, 0.1) is 0 Å². The predicted molar refractivity (Wildman–Crippen MR) is 62.1 cm³/mol. The van der Waals surface area contributed by atoms with Crippen molar-refractivity contribution in [1.82, 2.24) is 0 Å². The number of benzene rings is 1. The average Bonchev–Trinajstić information content (AvgIpc) is 2.03. The van der Waals surface area contributed by atoms with Gasteiger partial charge in [-0.25, -0.2) is 0 Å². The predicted octanol–water partition coefficient (Wildman–Crippen LogP) is 2.47. The number of hydrogen-bond acceptors (Lipinski definition) is 1. The molecule has 0 aliphatic heterocycles. The Hall–Kier alpha value is -0.0962. The summed E-state index contributed by atoms with van der Waals surface area (Å²) in [5.41, 5.74) is 0. The first-order valence-electron chi connectivity index (χ1n) is 4.26. The quantitative estimate of drug-likeness (QED) is 0.572. The summed E-state index contributed by atoms with van der Waals surface area (Å²) in [6.07, 6.45) is 0. The van der Waals surface area contributed by atoms with Crippen LogP contribution in [0.3, 0.4) is 0 Å². The molecular weight excluding hydrogens is 216 g/mol. The molecule has 0 aromatic heterocycles. The van der Waals surface area contributed by atoms with Crippen molar-refractivity contribution in [3.05, 3.63) is 30.3 Å². The summed E-state index contributed by atoms with van der Waals surface area (Å²) in [7, 11) is -2.78. The van der Waals surface area contributed by atoms with Gasteiger partial charge >= 0.3 is 8.35 Å². The number of halogens is 1. The summed E-state index contributed by atoms with van der Waals surface area (Å²) in [6.45, 7) is 6.47. The van der Waals surface area contributed by atoms with Crippen LogP contribution in [-0.4, -0.2) is 16.7 Å². The Balaban J connectivity index is 2.64. The lowest BCUT2D eigenvalue weighted by Gasteiger charge is -2.20. The van der Waals surface area contributed by atoms with Crippen LogP contribution < -0.4 is 5.19 Å². The summed E-state index contributed by atoms with van der Waals surface area (Å²) >= 11 is 6.21. The molecule has 0 amide bonds. The van der Waals surface area contributed by atoms with Gasteiger partial charge in [0.05, 0.1) is 0 Å². The Morgan fingerprint density at radius 3 is 2.15 bits per heavy atom. The lowest BCUT2D eigenvalue weighted by Crippen LogP contribution is -2.38. The Labute approximate surface area is 87.3 Å². The van der Waals surface area contributed by atoms with Crippen LogP contribution >= 0.6 is 11.1 Å². The van der Waals surface area contributed by atoms with E-state index in [-0.39, 0.29) is 0 Å². The van der Waals surface area contributed by atoms with Crippen LogP contribution in [0.4, 0.5) is 0 Å². The molecule has 0 fully saturated rings. The first-order chi connectivity index (χ1) is 5.99. The second-order valence-electron chi connectivity index (χ2n) is 3.85. The van der Waals surface area contributed by atoms with E-state index < -0.39 is 16.7 Å². The van der Waals surface area contributed by atoms with E-state index in [4.69, 9.17) is 15.2 Å². The van der Waals surface area contributed by atoms with Gasteiger partial charge in [0.2, 0.25) is 0 Å². The van der Waals surface area contributed by atoms with Gasteiger partial charge in [-0.1, -0.05) is 30.3 Å². The topological polar surface area (TPSA) is 9.23 Å². The number of hydrogen-bond donors (Lipinski definition) is 0. The molecule has 0 unspecified atom stereocenters. The fraction of sp³-hybridized carbons (Fsp3) is 0.333. The molecule has 4 heteroatoms. The Kier molecular flexibility index (Phi) is 3.73. The molecule has 1 aromatic rings. The third-order valence-corrected chi connectivity index (χ3v) is 6.70. The second-order valence-corrected chi connectivity index (χ2v) is 11.1. The molecule has 1 radical (unpaired) electrons. The van der Waals surface area contributed by atoms with Crippen molar-refractivity contribution in [2.45, 2.75) is 19.6 Å². The van der Waals surface area contributed by atoms with E-state index in [0.717, 1.165) is 5.19 Å². The van der Waals surface area contributed by atoms with Crippen LogP contribution in [0.15, 0.2) is 30.3 Å². The zero-order valence-corrected chi connectivity index (χ0v) is 10.9. The first-order valence-corrected chi connectivity index (χ1v) is 10.1. The zero-order chi connectivity index (χ0) is 9.90. The van der Waals surface area contributed by atoms with Crippen LogP contribution in [0.5, 0.6) is 0 Å².